The van der Waals surface area contributed by atoms with Gasteiger partial charge in [0.05, 0.1) is 0 Å². The molecule has 0 amide bonds. The van der Waals surface area contributed by atoms with Crippen LogP contribution in [0.1, 0.15) is 0 Å². The molecule has 0 aliphatic carbocycles. The SMILES string of the molecule is CN=C(NC)N(C)C.O=S(=O)([O-])C(F)(F)F.[Li+]. The number of hydrogen-bond donors (Lipinski definition) is 1. The molecular weight excluding hydrogens is 258 g/mol. The molecule has 98 valence electrons. The molecule has 0 rings (SSSR count). The van der Waals surface area contributed by atoms with E-state index in [-0.39, 0.29) is 18.9 Å². The Labute approximate surface area is 110 Å². The van der Waals surface area contributed by atoms with E-state index in [9.17, 15) is 13.2 Å². The van der Waals surface area contributed by atoms with E-state index in [1.807, 2.05) is 26.0 Å². The van der Waals surface area contributed by atoms with Gasteiger partial charge < -0.3 is 14.8 Å². The molecule has 17 heavy (non-hydrogen) atoms. The first-order valence-electron chi connectivity index (χ1n) is 3.81. The van der Waals surface area contributed by atoms with Crippen molar-refractivity contribution in [2.24, 2.45) is 4.99 Å². The Morgan fingerprint density at radius 1 is 1.35 bits per heavy atom. The fourth-order valence-electron chi connectivity index (χ4n) is 0.535. The molecule has 0 aromatic heterocycles. The average Bonchev–Trinajstić information content (AvgIpc) is 2.02. The molecule has 0 unspecified atom stereocenters. The van der Waals surface area contributed by atoms with Crippen LogP contribution in [0.4, 0.5) is 13.2 Å². The summed E-state index contributed by atoms with van der Waals surface area (Å²) >= 11 is 0. The number of alkyl halides is 3. The molecule has 0 heterocycles. The van der Waals surface area contributed by atoms with Crippen molar-refractivity contribution in [3.05, 3.63) is 0 Å². The van der Waals surface area contributed by atoms with E-state index in [2.05, 4.69) is 10.3 Å². The summed E-state index contributed by atoms with van der Waals surface area (Å²) in [6, 6.07) is 0. The van der Waals surface area contributed by atoms with Gasteiger partial charge in [-0.2, -0.15) is 13.2 Å². The molecule has 11 heteroatoms. The average molecular weight is 271 g/mol. The Kier molecular flexibility index (Phi) is 11.1. The van der Waals surface area contributed by atoms with Crippen LogP contribution in [0.2, 0.25) is 0 Å². The van der Waals surface area contributed by atoms with Gasteiger partial charge >= 0.3 is 24.4 Å². The van der Waals surface area contributed by atoms with Gasteiger partial charge in [-0.25, -0.2) is 8.42 Å². The first kappa shape index (κ1) is 21.8. The van der Waals surface area contributed by atoms with Crippen LogP contribution in [0, 0.1) is 0 Å². The Balaban J connectivity index is -0.000000218. The summed E-state index contributed by atoms with van der Waals surface area (Å²) < 4.78 is 58.9. The monoisotopic (exact) mass is 271 g/mol. The summed E-state index contributed by atoms with van der Waals surface area (Å²) in [4.78, 5) is 5.85. The summed E-state index contributed by atoms with van der Waals surface area (Å²) in [6.45, 7) is 0. The first-order valence-corrected chi connectivity index (χ1v) is 5.22. The van der Waals surface area contributed by atoms with E-state index in [0.29, 0.717) is 0 Å². The van der Waals surface area contributed by atoms with E-state index < -0.39 is 15.6 Å². The number of hydrogen-bond acceptors (Lipinski definition) is 4. The second kappa shape index (κ2) is 8.63. The number of aliphatic imine (C=N–C) groups is 1. The Hall–Kier alpha value is -0.433. The molecule has 0 aliphatic heterocycles. The molecular formula is C6H13F3LiN3O3S. The van der Waals surface area contributed by atoms with Gasteiger partial charge in [0.25, 0.3) is 0 Å². The molecule has 0 aliphatic rings. The quantitative estimate of drug-likeness (QED) is 0.165. The molecule has 0 fully saturated rings. The van der Waals surface area contributed by atoms with Gasteiger partial charge in [-0.05, 0) is 0 Å². The molecule has 0 aromatic rings. The van der Waals surface area contributed by atoms with Crippen molar-refractivity contribution in [2.45, 2.75) is 5.51 Å². The van der Waals surface area contributed by atoms with Crippen molar-refractivity contribution >= 4 is 16.1 Å². The van der Waals surface area contributed by atoms with Crippen molar-refractivity contribution in [1.29, 1.82) is 0 Å². The van der Waals surface area contributed by atoms with Crippen LogP contribution < -0.4 is 24.2 Å². The van der Waals surface area contributed by atoms with Crippen LogP contribution >= 0.6 is 0 Å². The maximum absolute atomic E-state index is 10.7. The molecule has 0 aromatic carbocycles. The fraction of sp³-hybridized carbons (Fsp3) is 0.833. The second-order valence-corrected chi connectivity index (χ2v) is 3.96. The summed E-state index contributed by atoms with van der Waals surface area (Å²) in [5.74, 6) is 0.894. The molecule has 1 N–H and O–H groups in total. The van der Waals surface area contributed by atoms with Crippen LogP contribution in [0.25, 0.3) is 0 Å². The second-order valence-electron chi connectivity index (χ2n) is 2.59. The van der Waals surface area contributed by atoms with Crippen LogP contribution in [0.5, 0.6) is 0 Å². The predicted octanol–water partition coefficient (Wildman–Crippen LogP) is -3.19. The van der Waals surface area contributed by atoms with E-state index >= 15 is 0 Å². The zero-order valence-corrected chi connectivity index (χ0v) is 11.0. The summed E-state index contributed by atoms with van der Waals surface area (Å²) in [7, 11) is 1.40. The van der Waals surface area contributed by atoms with Gasteiger partial charge in [-0.15, -0.1) is 0 Å². The van der Waals surface area contributed by atoms with Gasteiger partial charge in [0, 0.05) is 28.2 Å². The topological polar surface area (TPSA) is 84.8 Å². The van der Waals surface area contributed by atoms with Gasteiger partial charge in [0.15, 0.2) is 16.1 Å². The molecule has 6 nitrogen and oxygen atoms in total. The largest absolute Gasteiger partial charge is 1.00 e. The van der Waals surface area contributed by atoms with Crippen LogP contribution in [0.3, 0.4) is 0 Å². The van der Waals surface area contributed by atoms with Crippen LogP contribution in [0.15, 0.2) is 4.99 Å². The van der Waals surface area contributed by atoms with Crippen LogP contribution in [-0.2, 0) is 10.1 Å². The third kappa shape index (κ3) is 10.4. The fourth-order valence-corrected chi connectivity index (χ4v) is 0.535. The molecule has 0 spiro atoms. The normalized spacial score (nSPS) is 11.9. The first-order chi connectivity index (χ1) is 6.97. The smallest absolute Gasteiger partial charge is 0.741 e. The molecule has 0 bridgehead atoms. The van der Waals surface area contributed by atoms with Crippen molar-refractivity contribution < 1.29 is 45.0 Å². The molecule has 0 saturated carbocycles. The minimum atomic E-state index is -6.09. The van der Waals surface area contributed by atoms with Crippen molar-refractivity contribution in [1.82, 2.24) is 10.2 Å². The number of halogens is 3. The summed E-state index contributed by atoms with van der Waals surface area (Å²) in [5.41, 5.74) is -5.65. The predicted molar refractivity (Wildman–Crippen MR) is 51.9 cm³/mol. The number of guanidine groups is 1. The van der Waals surface area contributed by atoms with E-state index in [1.165, 1.54) is 0 Å². The number of rotatable bonds is 0. The maximum Gasteiger partial charge on any atom is 1.00 e. The Bertz CT molecular complexity index is 329. The van der Waals surface area contributed by atoms with E-state index in [4.69, 9.17) is 13.0 Å². The van der Waals surface area contributed by atoms with Crippen molar-refractivity contribution in [3.8, 4) is 0 Å². The molecule has 0 saturated heterocycles. The molecule has 0 atom stereocenters. The van der Waals surface area contributed by atoms with Gasteiger partial charge in [0.2, 0.25) is 0 Å². The van der Waals surface area contributed by atoms with Crippen molar-refractivity contribution in [2.75, 3.05) is 28.2 Å². The van der Waals surface area contributed by atoms with Gasteiger partial charge in [-0.3, -0.25) is 4.99 Å². The van der Waals surface area contributed by atoms with Gasteiger partial charge in [-0.1, -0.05) is 0 Å². The third-order valence-corrected chi connectivity index (χ3v) is 1.71. The third-order valence-electron chi connectivity index (χ3n) is 1.14. The zero-order chi connectivity index (χ0) is 13.6. The van der Waals surface area contributed by atoms with E-state index in [0.717, 1.165) is 5.96 Å². The maximum atomic E-state index is 10.7. The minimum absolute atomic E-state index is 0. The summed E-state index contributed by atoms with van der Waals surface area (Å²) in [5, 5.41) is 2.93. The zero-order valence-electron chi connectivity index (χ0n) is 10.2. The molecule has 0 radical (unpaired) electrons. The summed E-state index contributed by atoms with van der Waals surface area (Å²) in [6.07, 6.45) is 0. The minimum Gasteiger partial charge on any atom is -0.741 e. The standard InChI is InChI=1S/C5H13N3.CHF3O3S.Li/c1-6-5(7-2)8(3)4;2-1(3,4)8(5,6)7;/h1-4H3,(H,6,7);(H,5,6,7);/q;;+1/p-1. The Morgan fingerprint density at radius 3 is 1.65 bits per heavy atom. The Morgan fingerprint density at radius 2 is 1.65 bits per heavy atom. The van der Waals surface area contributed by atoms with Gasteiger partial charge in [0.1, 0.15) is 0 Å². The van der Waals surface area contributed by atoms with Crippen molar-refractivity contribution in [3.63, 3.8) is 0 Å². The number of nitrogens with one attached hydrogen (secondary N) is 1. The van der Waals surface area contributed by atoms with E-state index in [1.54, 1.807) is 7.05 Å². The van der Waals surface area contributed by atoms with Crippen LogP contribution in [-0.4, -0.2) is 57.5 Å². The number of nitrogens with zero attached hydrogens (tertiary/aromatic N) is 2.